The summed E-state index contributed by atoms with van der Waals surface area (Å²) in [5, 5.41) is 11.7. The Morgan fingerprint density at radius 1 is 0.971 bits per heavy atom. The van der Waals surface area contributed by atoms with Gasteiger partial charge in [-0.25, -0.2) is 4.39 Å². The summed E-state index contributed by atoms with van der Waals surface area (Å²) >= 11 is 0. The molecular formula is C26H24F4N2O3. The number of carboxylic acid groups (broad SMARTS) is 1. The fourth-order valence-corrected chi connectivity index (χ4v) is 3.35. The van der Waals surface area contributed by atoms with Crippen LogP contribution in [0.4, 0.5) is 17.6 Å². The van der Waals surface area contributed by atoms with Gasteiger partial charge in [-0.3, -0.25) is 15.1 Å². The summed E-state index contributed by atoms with van der Waals surface area (Å²) in [5.74, 6) is -1.60. The van der Waals surface area contributed by atoms with Crippen LogP contribution < -0.4 is 10.8 Å². The highest BCUT2D eigenvalue weighted by Gasteiger charge is 2.34. The minimum atomic E-state index is -4.67. The molecule has 0 saturated heterocycles. The number of rotatable bonds is 11. The van der Waals surface area contributed by atoms with E-state index >= 15 is 0 Å². The molecule has 0 aliphatic carbocycles. The third-order valence-electron chi connectivity index (χ3n) is 5.13. The number of hydroxylamine groups is 1. The molecule has 0 bridgehead atoms. The molecule has 0 unspecified atom stereocenters. The van der Waals surface area contributed by atoms with E-state index in [1.165, 1.54) is 30.3 Å². The highest BCUT2D eigenvalue weighted by molar-refractivity contribution is 5.69. The lowest BCUT2D eigenvalue weighted by molar-refractivity contribution is -0.138. The number of hydrogen-bond donors (Lipinski definition) is 3. The van der Waals surface area contributed by atoms with Crippen LogP contribution in [0.1, 0.15) is 28.7 Å². The summed E-state index contributed by atoms with van der Waals surface area (Å²) in [6, 6.07) is 16.2. The molecule has 0 spiro atoms. The predicted molar refractivity (Wildman–Crippen MR) is 124 cm³/mol. The normalized spacial score (nSPS) is 11.3. The molecule has 0 saturated carbocycles. The molecule has 3 N–H and O–H groups in total. The van der Waals surface area contributed by atoms with Crippen LogP contribution in [0, 0.1) is 5.82 Å². The van der Waals surface area contributed by atoms with Crippen LogP contribution in [-0.4, -0.2) is 17.6 Å². The van der Waals surface area contributed by atoms with Crippen molar-refractivity contribution in [3.8, 4) is 11.1 Å². The van der Waals surface area contributed by atoms with E-state index in [1.807, 2.05) is 12.1 Å². The van der Waals surface area contributed by atoms with E-state index in [-0.39, 0.29) is 29.7 Å². The van der Waals surface area contributed by atoms with Gasteiger partial charge in [-0.1, -0.05) is 61.2 Å². The fraction of sp³-hybridized carbons (Fsp3) is 0.192. The summed E-state index contributed by atoms with van der Waals surface area (Å²) in [4.78, 5) is 15.9. The summed E-state index contributed by atoms with van der Waals surface area (Å²) in [7, 11) is 0. The maximum atomic E-state index is 14.1. The first-order chi connectivity index (χ1) is 16.6. The summed E-state index contributed by atoms with van der Waals surface area (Å²) in [5.41, 5.74) is 3.63. The van der Waals surface area contributed by atoms with Crippen LogP contribution >= 0.6 is 0 Å². The Kier molecular flexibility index (Phi) is 8.62. The van der Waals surface area contributed by atoms with E-state index in [1.54, 1.807) is 12.1 Å². The first-order valence-corrected chi connectivity index (χ1v) is 10.7. The second kappa shape index (κ2) is 11.6. The highest BCUT2D eigenvalue weighted by Crippen LogP contribution is 2.38. The molecule has 5 nitrogen and oxygen atoms in total. The van der Waals surface area contributed by atoms with Gasteiger partial charge >= 0.3 is 12.1 Å². The number of nitrogens with one attached hydrogen (secondary N) is 2. The van der Waals surface area contributed by atoms with E-state index in [9.17, 15) is 22.4 Å². The Morgan fingerprint density at radius 3 is 2.31 bits per heavy atom. The van der Waals surface area contributed by atoms with Crippen molar-refractivity contribution in [1.82, 2.24) is 10.8 Å². The molecule has 9 heteroatoms. The second-order valence-corrected chi connectivity index (χ2v) is 7.74. The average Bonchev–Trinajstić information content (AvgIpc) is 2.82. The van der Waals surface area contributed by atoms with Crippen LogP contribution in [-0.2, 0) is 29.0 Å². The highest BCUT2D eigenvalue weighted by atomic mass is 19.4. The largest absolute Gasteiger partial charge is 0.481 e. The van der Waals surface area contributed by atoms with E-state index < -0.39 is 23.5 Å². The molecule has 0 aromatic heterocycles. The molecule has 0 amide bonds. The average molecular weight is 488 g/mol. The molecular weight excluding hydrogens is 464 g/mol. The Labute approximate surface area is 200 Å². The van der Waals surface area contributed by atoms with E-state index in [0.29, 0.717) is 24.4 Å². The number of halogens is 4. The van der Waals surface area contributed by atoms with Crippen molar-refractivity contribution in [1.29, 1.82) is 0 Å². The number of carbonyl (C=O) groups is 1. The quantitative estimate of drug-likeness (QED) is 0.182. The van der Waals surface area contributed by atoms with Crippen molar-refractivity contribution in [2.75, 3.05) is 6.54 Å². The second-order valence-electron chi connectivity index (χ2n) is 7.74. The number of hydrogen-bond acceptors (Lipinski definition) is 4. The van der Waals surface area contributed by atoms with Gasteiger partial charge in [-0.05, 0) is 34.4 Å². The number of benzene rings is 3. The van der Waals surface area contributed by atoms with Crippen molar-refractivity contribution in [3.05, 3.63) is 101 Å². The molecule has 0 aliphatic rings. The minimum absolute atomic E-state index is 0.0342. The standard InChI is InChI=1S/C26H24F4N2O3/c1-17(20-9-6-18(7-10-20)15-31-13-12-25(33)34)32-35-16-19-8-11-21(23(14-19)26(28,29)30)22-4-2-3-5-24(22)27/h2-11,14,31-32H,1,12-13,15-16H2,(H,33,34). The third kappa shape index (κ3) is 7.40. The van der Waals surface area contributed by atoms with Crippen LogP contribution in [0.5, 0.6) is 0 Å². The molecule has 0 radical (unpaired) electrons. The van der Waals surface area contributed by atoms with Crippen LogP contribution in [0.2, 0.25) is 0 Å². The Balaban J connectivity index is 1.59. The van der Waals surface area contributed by atoms with Gasteiger partial charge in [0.2, 0.25) is 0 Å². The zero-order valence-corrected chi connectivity index (χ0v) is 18.7. The zero-order chi connectivity index (χ0) is 25.4. The summed E-state index contributed by atoms with van der Waals surface area (Å²) in [6.07, 6.45) is -4.64. The van der Waals surface area contributed by atoms with E-state index in [2.05, 4.69) is 17.4 Å². The van der Waals surface area contributed by atoms with Gasteiger partial charge in [-0.15, -0.1) is 0 Å². The van der Waals surface area contributed by atoms with E-state index in [4.69, 9.17) is 9.94 Å². The van der Waals surface area contributed by atoms with Crippen molar-refractivity contribution >= 4 is 11.7 Å². The number of carboxylic acids is 1. The predicted octanol–water partition coefficient (Wildman–Crippen LogP) is 5.77. The number of alkyl halides is 3. The smallest absolute Gasteiger partial charge is 0.417 e. The third-order valence-corrected chi connectivity index (χ3v) is 5.13. The van der Waals surface area contributed by atoms with Gasteiger partial charge in [0.05, 0.1) is 24.3 Å². The van der Waals surface area contributed by atoms with Crippen LogP contribution in [0.3, 0.4) is 0 Å². The first-order valence-electron chi connectivity index (χ1n) is 10.7. The molecule has 0 aliphatic heterocycles. The molecule has 3 aromatic carbocycles. The van der Waals surface area contributed by atoms with Crippen LogP contribution in [0.25, 0.3) is 16.8 Å². The van der Waals surface area contributed by atoms with Gasteiger partial charge < -0.3 is 10.4 Å². The molecule has 35 heavy (non-hydrogen) atoms. The van der Waals surface area contributed by atoms with Crippen molar-refractivity contribution in [3.63, 3.8) is 0 Å². The van der Waals surface area contributed by atoms with Crippen molar-refractivity contribution in [2.45, 2.75) is 25.7 Å². The van der Waals surface area contributed by atoms with Gasteiger partial charge in [0.25, 0.3) is 0 Å². The monoisotopic (exact) mass is 488 g/mol. The molecule has 0 fully saturated rings. The topological polar surface area (TPSA) is 70.6 Å². The number of aliphatic carboxylic acids is 1. The molecule has 3 rings (SSSR count). The van der Waals surface area contributed by atoms with Crippen molar-refractivity contribution in [2.24, 2.45) is 0 Å². The Bertz CT molecular complexity index is 1180. The molecule has 184 valence electrons. The minimum Gasteiger partial charge on any atom is -0.481 e. The van der Waals surface area contributed by atoms with Gasteiger partial charge in [0.1, 0.15) is 5.82 Å². The molecule has 0 atom stereocenters. The van der Waals surface area contributed by atoms with Crippen molar-refractivity contribution < 1.29 is 32.3 Å². The Morgan fingerprint density at radius 2 is 1.66 bits per heavy atom. The van der Waals surface area contributed by atoms with Crippen LogP contribution in [0.15, 0.2) is 73.3 Å². The fourth-order valence-electron chi connectivity index (χ4n) is 3.35. The lowest BCUT2D eigenvalue weighted by atomic mass is 9.97. The first kappa shape index (κ1) is 25.9. The summed E-state index contributed by atoms with van der Waals surface area (Å²) < 4.78 is 55.1. The van der Waals surface area contributed by atoms with Gasteiger partial charge in [-0.2, -0.15) is 13.2 Å². The summed E-state index contributed by atoms with van der Waals surface area (Å²) in [6.45, 7) is 4.55. The SMILES string of the molecule is C=C(NOCc1ccc(-c2ccccc2F)c(C(F)(F)F)c1)c1ccc(CNCCC(=O)O)cc1. The molecule has 0 heterocycles. The Hall–Kier alpha value is -3.69. The zero-order valence-electron chi connectivity index (χ0n) is 18.7. The maximum Gasteiger partial charge on any atom is 0.417 e. The lowest BCUT2D eigenvalue weighted by Gasteiger charge is -2.16. The maximum absolute atomic E-state index is 14.1. The molecule has 3 aromatic rings. The van der Waals surface area contributed by atoms with Gasteiger partial charge in [0, 0.05) is 18.7 Å². The lowest BCUT2D eigenvalue weighted by Crippen LogP contribution is -2.17. The van der Waals surface area contributed by atoms with Gasteiger partial charge in [0.15, 0.2) is 0 Å². The van der Waals surface area contributed by atoms with E-state index in [0.717, 1.165) is 17.7 Å².